The quantitative estimate of drug-likeness (QED) is 0.686. The Morgan fingerprint density at radius 2 is 1.78 bits per heavy atom. The number of hydrogen-bond acceptors (Lipinski definition) is 5. The molecule has 0 bridgehead atoms. The predicted octanol–water partition coefficient (Wildman–Crippen LogP) is 1.70. The zero-order chi connectivity index (χ0) is 19.9. The number of benzene rings is 1. The maximum Gasteiger partial charge on any atom is 0.243 e. The summed E-state index contributed by atoms with van der Waals surface area (Å²) < 4.78 is 32.4. The molecule has 27 heavy (non-hydrogen) atoms. The zero-order valence-corrected chi connectivity index (χ0v) is 17.3. The maximum atomic E-state index is 12.8. The molecule has 1 N–H and O–H groups in total. The minimum absolute atomic E-state index is 0.00114. The lowest BCUT2D eigenvalue weighted by atomic mass is 10.2. The van der Waals surface area contributed by atoms with Gasteiger partial charge < -0.3 is 10.1 Å². The summed E-state index contributed by atoms with van der Waals surface area (Å²) in [6.07, 6.45) is 1.99. The van der Waals surface area contributed by atoms with Gasteiger partial charge in [0.2, 0.25) is 15.9 Å². The van der Waals surface area contributed by atoms with Crippen molar-refractivity contribution in [3.8, 4) is 5.75 Å². The summed E-state index contributed by atoms with van der Waals surface area (Å²) >= 11 is 0. The Labute approximate surface area is 162 Å². The van der Waals surface area contributed by atoms with E-state index in [1.165, 1.54) is 4.31 Å². The molecule has 1 amide bonds. The smallest absolute Gasteiger partial charge is 0.243 e. The molecule has 0 spiro atoms. The molecular formula is C19H31N3O4S. The second kappa shape index (κ2) is 10.1. The van der Waals surface area contributed by atoms with E-state index < -0.39 is 10.0 Å². The van der Waals surface area contributed by atoms with Crippen LogP contribution in [0.15, 0.2) is 29.2 Å². The number of amides is 1. The number of nitrogens with zero attached hydrogens (tertiary/aromatic N) is 2. The number of sulfonamides is 1. The van der Waals surface area contributed by atoms with Crippen LogP contribution in [0.1, 0.15) is 33.6 Å². The molecule has 1 heterocycles. The van der Waals surface area contributed by atoms with Gasteiger partial charge in [0.25, 0.3) is 0 Å². The number of ether oxygens (including phenoxy) is 1. The molecule has 1 aromatic carbocycles. The van der Waals surface area contributed by atoms with Crippen LogP contribution >= 0.6 is 0 Å². The van der Waals surface area contributed by atoms with Gasteiger partial charge >= 0.3 is 0 Å². The van der Waals surface area contributed by atoms with Crippen LogP contribution in [0, 0.1) is 0 Å². The van der Waals surface area contributed by atoms with E-state index in [0.717, 1.165) is 12.8 Å². The summed E-state index contributed by atoms with van der Waals surface area (Å²) in [6, 6.07) is 6.68. The SMILES string of the molecule is CCC[C@H](C)NC(=O)CN1CCN(S(=O)(=O)c2ccc(OCC)cc2)CC1. The summed E-state index contributed by atoms with van der Waals surface area (Å²) in [6.45, 7) is 8.69. The molecule has 7 nitrogen and oxygen atoms in total. The highest BCUT2D eigenvalue weighted by atomic mass is 32.2. The average Bonchev–Trinajstić information content (AvgIpc) is 2.63. The normalized spacial score (nSPS) is 17.4. The third kappa shape index (κ3) is 6.19. The van der Waals surface area contributed by atoms with Gasteiger partial charge in [0.15, 0.2) is 0 Å². The Morgan fingerprint density at radius 3 is 2.33 bits per heavy atom. The molecule has 1 atom stereocenters. The predicted molar refractivity (Wildman–Crippen MR) is 105 cm³/mol. The Bertz CT molecular complexity index is 698. The number of carbonyl (C=O) groups is 1. The number of piperazine rings is 1. The highest BCUT2D eigenvalue weighted by Crippen LogP contribution is 2.20. The first-order valence-electron chi connectivity index (χ1n) is 9.61. The van der Waals surface area contributed by atoms with Crippen LogP contribution < -0.4 is 10.1 Å². The van der Waals surface area contributed by atoms with E-state index >= 15 is 0 Å². The molecule has 0 aliphatic carbocycles. The molecule has 0 aromatic heterocycles. The van der Waals surface area contributed by atoms with Crippen molar-refractivity contribution in [2.45, 2.75) is 44.6 Å². The molecule has 1 aliphatic rings. The van der Waals surface area contributed by atoms with Crippen molar-refractivity contribution in [3.63, 3.8) is 0 Å². The Kier molecular flexibility index (Phi) is 8.07. The first kappa shape index (κ1) is 21.7. The molecule has 1 saturated heterocycles. The van der Waals surface area contributed by atoms with Gasteiger partial charge in [-0.1, -0.05) is 13.3 Å². The number of hydrogen-bond donors (Lipinski definition) is 1. The first-order chi connectivity index (χ1) is 12.9. The summed E-state index contributed by atoms with van der Waals surface area (Å²) in [5.41, 5.74) is 0. The molecule has 1 aromatic rings. The largest absolute Gasteiger partial charge is 0.494 e. The van der Waals surface area contributed by atoms with Gasteiger partial charge in [0.1, 0.15) is 5.75 Å². The van der Waals surface area contributed by atoms with Gasteiger partial charge in [-0.2, -0.15) is 4.31 Å². The topological polar surface area (TPSA) is 79.0 Å². The number of carbonyl (C=O) groups excluding carboxylic acids is 1. The molecule has 8 heteroatoms. The van der Waals surface area contributed by atoms with E-state index in [2.05, 4.69) is 12.2 Å². The van der Waals surface area contributed by atoms with E-state index in [0.29, 0.717) is 45.1 Å². The molecule has 0 unspecified atom stereocenters. The van der Waals surface area contributed by atoms with Crippen LogP contribution in [0.3, 0.4) is 0 Å². The van der Waals surface area contributed by atoms with Crippen LogP contribution in [-0.2, 0) is 14.8 Å². The van der Waals surface area contributed by atoms with Gasteiger partial charge in [0, 0.05) is 32.2 Å². The third-order valence-electron chi connectivity index (χ3n) is 4.60. The molecule has 1 aliphatic heterocycles. The van der Waals surface area contributed by atoms with Crippen LogP contribution in [0.25, 0.3) is 0 Å². The molecule has 0 radical (unpaired) electrons. The van der Waals surface area contributed by atoms with Crippen molar-refractivity contribution in [3.05, 3.63) is 24.3 Å². The Hall–Kier alpha value is -1.64. The fraction of sp³-hybridized carbons (Fsp3) is 0.632. The average molecular weight is 398 g/mol. The molecule has 0 saturated carbocycles. The van der Waals surface area contributed by atoms with E-state index in [9.17, 15) is 13.2 Å². The van der Waals surface area contributed by atoms with Crippen LogP contribution in [0.4, 0.5) is 0 Å². The van der Waals surface area contributed by atoms with Crippen molar-refractivity contribution in [1.82, 2.24) is 14.5 Å². The maximum absolute atomic E-state index is 12.8. The lowest BCUT2D eigenvalue weighted by molar-refractivity contribution is -0.123. The van der Waals surface area contributed by atoms with Crippen molar-refractivity contribution in [1.29, 1.82) is 0 Å². The molecule has 2 rings (SSSR count). The van der Waals surface area contributed by atoms with E-state index in [1.807, 2.05) is 18.7 Å². The molecule has 1 fully saturated rings. The van der Waals surface area contributed by atoms with E-state index in [4.69, 9.17) is 4.74 Å². The minimum Gasteiger partial charge on any atom is -0.494 e. The number of rotatable bonds is 9. The number of nitrogens with one attached hydrogen (secondary N) is 1. The van der Waals surface area contributed by atoms with Crippen molar-refractivity contribution in [2.75, 3.05) is 39.3 Å². The third-order valence-corrected chi connectivity index (χ3v) is 6.51. The zero-order valence-electron chi connectivity index (χ0n) is 16.5. The standard InChI is InChI=1S/C19H31N3O4S/c1-4-6-16(3)20-19(23)15-21-11-13-22(14-12-21)27(24,25)18-9-7-17(8-10-18)26-5-2/h7-10,16H,4-6,11-15H2,1-3H3,(H,20,23)/t16-/m0/s1. The lowest BCUT2D eigenvalue weighted by Gasteiger charge is -2.33. The van der Waals surface area contributed by atoms with Gasteiger partial charge in [-0.25, -0.2) is 8.42 Å². The van der Waals surface area contributed by atoms with Crippen molar-refractivity contribution < 1.29 is 17.9 Å². The van der Waals surface area contributed by atoms with Crippen molar-refractivity contribution in [2.24, 2.45) is 0 Å². The highest BCUT2D eigenvalue weighted by molar-refractivity contribution is 7.89. The van der Waals surface area contributed by atoms with Gasteiger partial charge in [0.05, 0.1) is 18.0 Å². The van der Waals surface area contributed by atoms with Crippen LogP contribution in [0.2, 0.25) is 0 Å². The summed E-state index contributed by atoms with van der Waals surface area (Å²) in [4.78, 5) is 14.4. The molecular weight excluding hydrogens is 366 g/mol. The lowest BCUT2D eigenvalue weighted by Crippen LogP contribution is -2.51. The Morgan fingerprint density at radius 1 is 1.15 bits per heavy atom. The molecule has 152 valence electrons. The summed E-state index contributed by atoms with van der Waals surface area (Å²) in [5.74, 6) is 0.656. The Balaban J connectivity index is 1.87. The summed E-state index contributed by atoms with van der Waals surface area (Å²) in [7, 11) is -3.52. The second-order valence-corrected chi connectivity index (χ2v) is 8.78. The van der Waals surface area contributed by atoms with Crippen LogP contribution in [-0.4, -0.2) is 68.9 Å². The van der Waals surface area contributed by atoms with Crippen molar-refractivity contribution >= 4 is 15.9 Å². The first-order valence-corrected chi connectivity index (χ1v) is 11.1. The van der Waals surface area contributed by atoms with Crippen LogP contribution in [0.5, 0.6) is 5.75 Å². The summed E-state index contributed by atoms with van der Waals surface area (Å²) in [5, 5.41) is 2.99. The minimum atomic E-state index is -3.52. The fourth-order valence-electron chi connectivity index (χ4n) is 3.18. The van der Waals surface area contributed by atoms with E-state index in [-0.39, 0.29) is 16.8 Å². The second-order valence-electron chi connectivity index (χ2n) is 6.84. The monoisotopic (exact) mass is 397 g/mol. The van der Waals surface area contributed by atoms with Gasteiger partial charge in [-0.3, -0.25) is 9.69 Å². The van der Waals surface area contributed by atoms with Gasteiger partial charge in [-0.15, -0.1) is 0 Å². The highest BCUT2D eigenvalue weighted by Gasteiger charge is 2.29. The van der Waals surface area contributed by atoms with E-state index in [1.54, 1.807) is 24.3 Å². The fourth-order valence-corrected chi connectivity index (χ4v) is 4.60. The van der Waals surface area contributed by atoms with Gasteiger partial charge in [-0.05, 0) is 44.5 Å².